The quantitative estimate of drug-likeness (QED) is 0.120. The second-order valence-corrected chi connectivity index (χ2v) is 29.6. The Morgan fingerprint density at radius 3 is 0.971 bits per heavy atom. The van der Waals surface area contributed by atoms with E-state index < -0.39 is 0 Å². The third-order valence-electron chi connectivity index (χ3n) is 21.1. The van der Waals surface area contributed by atoms with Gasteiger partial charge < -0.3 is 14.2 Å². The van der Waals surface area contributed by atoms with Gasteiger partial charge in [-0.25, -0.2) is 0 Å². The zero-order valence-corrected chi connectivity index (χ0v) is 58.3. The highest BCUT2D eigenvalue weighted by Crippen LogP contribution is 2.56. The number of benzene rings is 15. The lowest BCUT2D eigenvalue weighted by molar-refractivity contribution is 0.590. The average Bonchev–Trinajstić information content (AvgIpc) is 0.753. The molecule has 102 heavy (non-hydrogen) atoms. The highest BCUT2D eigenvalue weighted by molar-refractivity contribution is 7.00. The van der Waals surface area contributed by atoms with Gasteiger partial charge in [0.25, 0.3) is 6.71 Å². The molecule has 0 saturated carbocycles. The molecule has 0 amide bonds. The predicted molar refractivity (Wildman–Crippen MR) is 434 cm³/mol. The molecule has 0 atom stereocenters. The SMILES string of the molecule is CC(C)(C)c1cc(-c2ccccc2)c(N2c3ccc(-c4ccccc4)cc3B3c4cc(-c5ccccc5)ccc4N(c4c(-c5ccccc5)cc(C(C)(C)C)cc4-c4cccc(-c5ccccc5)c4)c4cc(-c5ccc6oc7ccccc7c6c5)cc2c43)c(-c2cccc(-c3ccccc3)c2)c1. The summed E-state index contributed by atoms with van der Waals surface area (Å²) in [7, 11) is 0. The fraction of sp³-hybridized carbons (Fsp3) is 0.0816. The van der Waals surface area contributed by atoms with Gasteiger partial charge in [-0.05, 0) is 195 Å². The van der Waals surface area contributed by atoms with E-state index in [1.54, 1.807) is 0 Å². The molecule has 4 heteroatoms. The van der Waals surface area contributed by atoms with Crippen LogP contribution in [0.5, 0.6) is 0 Å². The first kappa shape index (κ1) is 62.0. The summed E-state index contributed by atoms with van der Waals surface area (Å²) in [5, 5.41) is 2.17. The molecule has 0 bridgehead atoms. The molecule has 2 aliphatic rings. The molecule has 0 fully saturated rings. The van der Waals surface area contributed by atoms with Crippen LogP contribution in [-0.4, -0.2) is 6.71 Å². The normalized spacial score (nSPS) is 12.5. The fourth-order valence-electron chi connectivity index (χ4n) is 15.9. The summed E-state index contributed by atoms with van der Waals surface area (Å²) in [6.07, 6.45) is 0. The Hall–Kier alpha value is -12.2. The fourth-order valence-corrected chi connectivity index (χ4v) is 15.9. The van der Waals surface area contributed by atoms with Crippen molar-refractivity contribution in [3.63, 3.8) is 0 Å². The molecule has 15 aromatic carbocycles. The maximum atomic E-state index is 6.66. The molecule has 0 aliphatic carbocycles. The summed E-state index contributed by atoms with van der Waals surface area (Å²) in [5.74, 6) is 0. The molecule has 0 unspecified atom stereocenters. The van der Waals surface area contributed by atoms with Crippen molar-refractivity contribution in [3.05, 3.63) is 357 Å². The van der Waals surface area contributed by atoms with Crippen molar-refractivity contribution in [3.8, 4) is 100 Å². The highest BCUT2D eigenvalue weighted by Gasteiger charge is 2.46. The lowest BCUT2D eigenvalue weighted by atomic mass is 9.33. The minimum Gasteiger partial charge on any atom is -0.456 e. The van der Waals surface area contributed by atoms with E-state index in [2.05, 4.69) is 397 Å². The Bertz CT molecular complexity index is 5590. The van der Waals surface area contributed by atoms with Crippen molar-refractivity contribution in [1.82, 2.24) is 0 Å². The lowest BCUT2D eigenvalue weighted by Crippen LogP contribution is -2.61. The van der Waals surface area contributed by atoms with Gasteiger partial charge in [0.15, 0.2) is 0 Å². The van der Waals surface area contributed by atoms with Crippen LogP contribution >= 0.6 is 0 Å². The van der Waals surface area contributed by atoms with E-state index in [4.69, 9.17) is 4.42 Å². The zero-order chi connectivity index (χ0) is 68.8. The van der Waals surface area contributed by atoms with Gasteiger partial charge in [0.05, 0.1) is 11.4 Å². The summed E-state index contributed by atoms with van der Waals surface area (Å²) >= 11 is 0. The van der Waals surface area contributed by atoms with E-state index in [0.29, 0.717) is 0 Å². The van der Waals surface area contributed by atoms with Crippen LogP contribution in [0.2, 0.25) is 0 Å². The van der Waals surface area contributed by atoms with Crippen LogP contribution in [0.15, 0.2) is 350 Å². The Kier molecular flexibility index (Phi) is 15.1. The van der Waals surface area contributed by atoms with E-state index >= 15 is 0 Å². The standard InChI is InChI=1S/C98H75BN2O/c1-97(2,3)78-60-81(68-37-21-11-22-38-68)95(83(62-78)75-43-27-41-70(53-75)64-29-13-7-14-30-64)100-88-50-47-73(66-33-17-9-18-34-66)56-86(88)99-87-57-74(67-35-19-10-20-36-67)48-51-89(87)101(91-59-77(58-90(100)94(91)99)72-49-52-93-85(55-72)80-45-25-26-46-92(80)102-93)96-82(69-39-23-12-24-40-69)61-79(98(4,5)6)63-84(96)76-44-28-42-71(54-76)65-31-15-8-16-32-65/h7-63H,1-6H3. The molecule has 16 aromatic rings. The largest absolute Gasteiger partial charge is 0.456 e. The number of para-hydroxylation sites is 1. The molecule has 0 N–H and O–H groups in total. The monoisotopic (exact) mass is 1310 g/mol. The highest BCUT2D eigenvalue weighted by atomic mass is 16.3. The number of furan rings is 1. The predicted octanol–water partition coefficient (Wildman–Crippen LogP) is 25.3. The number of hydrogen-bond acceptors (Lipinski definition) is 3. The van der Waals surface area contributed by atoms with Gasteiger partial charge in [-0.3, -0.25) is 0 Å². The van der Waals surface area contributed by atoms with E-state index in [-0.39, 0.29) is 17.5 Å². The maximum absolute atomic E-state index is 6.66. The minimum absolute atomic E-state index is 0.226. The molecule has 3 nitrogen and oxygen atoms in total. The minimum atomic E-state index is -0.271. The van der Waals surface area contributed by atoms with Crippen LogP contribution < -0.4 is 26.2 Å². The number of rotatable bonds is 11. The Balaban J connectivity index is 1.04. The van der Waals surface area contributed by atoms with Gasteiger partial charge in [0.2, 0.25) is 0 Å². The second kappa shape index (κ2) is 24.9. The number of nitrogens with zero attached hydrogens (tertiary/aromatic N) is 2. The Morgan fingerprint density at radius 1 is 0.235 bits per heavy atom. The van der Waals surface area contributed by atoms with Gasteiger partial charge in [-0.15, -0.1) is 0 Å². The van der Waals surface area contributed by atoms with Crippen molar-refractivity contribution in [2.45, 2.75) is 52.4 Å². The first-order valence-corrected chi connectivity index (χ1v) is 35.7. The first-order chi connectivity index (χ1) is 49.8. The summed E-state index contributed by atoms with van der Waals surface area (Å²) in [4.78, 5) is 5.40. The molecule has 2 aliphatic heterocycles. The molecule has 0 spiro atoms. The van der Waals surface area contributed by atoms with E-state index in [1.807, 2.05) is 0 Å². The first-order valence-electron chi connectivity index (χ1n) is 35.7. The number of hydrogen-bond donors (Lipinski definition) is 0. The molecule has 3 heterocycles. The molecule has 0 saturated heterocycles. The molecule has 0 radical (unpaired) electrons. The van der Waals surface area contributed by atoms with Crippen LogP contribution in [-0.2, 0) is 10.8 Å². The van der Waals surface area contributed by atoms with Crippen molar-refractivity contribution < 1.29 is 4.42 Å². The van der Waals surface area contributed by atoms with E-state index in [1.165, 1.54) is 38.6 Å². The molecule has 18 rings (SSSR count). The summed E-state index contributed by atoms with van der Waals surface area (Å²) in [5.41, 5.74) is 34.7. The van der Waals surface area contributed by atoms with Crippen molar-refractivity contribution >= 4 is 79.2 Å². The van der Waals surface area contributed by atoms with Crippen LogP contribution in [0.3, 0.4) is 0 Å². The van der Waals surface area contributed by atoms with Crippen LogP contribution in [0.25, 0.3) is 122 Å². The van der Waals surface area contributed by atoms with Crippen molar-refractivity contribution in [2.24, 2.45) is 0 Å². The lowest BCUT2D eigenvalue weighted by Gasteiger charge is -2.46. The topological polar surface area (TPSA) is 19.6 Å². The van der Waals surface area contributed by atoms with E-state index in [0.717, 1.165) is 145 Å². The van der Waals surface area contributed by atoms with Gasteiger partial charge in [-0.1, -0.05) is 308 Å². The summed E-state index contributed by atoms with van der Waals surface area (Å²) < 4.78 is 6.66. The zero-order valence-electron chi connectivity index (χ0n) is 58.3. The maximum Gasteiger partial charge on any atom is 0.252 e. The Labute approximate surface area is 599 Å². The van der Waals surface area contributed by atoms with E-state index in [9.17, 15) is 0 Å². The van der Waals surface area contributed by atoms with Gasteiger partial charge in [0, 0.05) is 55.8 Å². The second-order valence-electron chi connectivity index (χ2n) is 29.6. The van der Waals surface area contributed by atoms with Gasteiger partial charge in [0.1, 0.15) is 11.2 Å². The smallest absolute Gasteiger partial charge is 0.252 e. The van der Waals surface area contributed by atoms with Crippen molar-refractivity contribution in [2.75, 3.05) is 9.80 Å². The van der Waals surface area contributed by atoms with Crippen LogP contribution in [0.4, 0.5) is 34.1 Å². The van der Waals surface area contributed by atoms with Gasteiger partial charge >= 0.3 is 0 Å². The third kappa shape index (κ3) is 10.9. The number of fused-ring (bicyclic) bond motifs is 7. The van der Waals surface area contributed by atoms with Crippen LogP contribution in [0.1, 0.15) is 52.7 Å². The van der Waals surface area contributed by atoms with Crippen molar-refractivity contribution in [1.29, 1.82) is 0 Å². The Morgan fingerprint density at radius 2 is 0.559 bits per heavy atom. The summed E-state index contributed by atoms with van der Waals surface area (Å²) in [6.45, 7) is 13.9. The summed E-state index contributed by atoms with van der Waals surface area (Å²) in [6, 6.07) is 130. The van der Waals surface area contributed by atoms with Crippen LogP contribution in [0, 0.1) is 0 Å². The van der Waals surface area contributed by atoms with Gasteiger partial charge in [-0.2, -0.15) is 0 Å². The third-order valence-corrected chi connectivity index (χ3v) is 21.1. The molecule has 486 valence electrons. The average molecular weight is 1310 g/mol. The molecular formula is C98H75BN2O. The number of anilines is 6. The molecular weight excluding hydrogens is 1230 g/mol. The molecule has 1 aromatic heterocycles.